The van der Waals surface area contributed by atoms with Crippen molar-refractivity contribution in [3.8, 4) is 0 Å². The Balaban J connectivity index is 2.22. The third-order valence-electron chi connectivity index (χ3n) is 2.18. The van der Waals surface area contributed by atoms with Crippen LogP contribution < -0.4 is 0 Å². The van der Waals surface area contributed by atoms with Crippen molar-refractivity contribution >= 4 is 18.1 Å². The Kier molecular flexibility index (Phi) is 1.15. The molecule has 0 amide bonds. The number of aromatic nitrogens is 2. The van der Waals surface area contributed by atoms with E-state index in [9.17, 15) is 0 Å². The van der Waals surface area contributed by atoms with E-state index in [0.717, 1.165) is 30.6 Å². The topological polar surface area (TPSA) is 45.8 Å². The number of hydrogen-bond acceptors (Lipinski definition) is 4. The van der Waals surface area contributed by atoms with E-state index >= 15 is 0 Å². The number of nitrogens with zero attached hydrogens (tertiary/aromatic N) is 5. The predicted molar refractivity (Wildman–Crippen MR) is 49.5 cm³/mol. The van der Waals surface area contributed by atoms with E-state index in [-0.39, 0.29) is 0 Å². The standard InChI is InChI=1S/C8H9N5/c1-6-4-7-10-5-12-3-2-9-8(12)13(7)11-6/h4-5H,2-3H2,1H3. The zero-order chi connectivity index (χ0) is 8.84. The average molecular weight is 175 g/mol. The quantitative estimate of drug-likeness (QED) is 0.572. The van der Waals surface area contributed by atoms with E-state index in [1.165, 1.54) is 0 Å². The Morgan fingerprint density at radius 2 is 2.38 bits per heavy atom. The van der Waals surface area contributed by atoms with Crippen LogP contribution in [-0.2, 0) is 0 Å². The molecular weight excluding hydrogens is 166 g/mol. The third-order valence-corrected chi connectivity index (χ3v) is 2.18. The minimum absolute atomic E-state index is 0.833. The van der Waals surface area contributed by atoms with Gasteiger partial charge in [-0.1, -0.05) is 0 Å². The molecule has 5 nitrogen and oxygen atoms in total. The minimum atomic E-state index is 0.833. The van der Waals surface area contributed by atoms with Crippen LogP contribution in [0.25, 0.3) is 0 Å². The molecule has 0 fully saturated rings. The summed E-state index contributed by atoms with van der Waals surface area (Å²) in [6, 6.07) is 1.95. The lowest BCUT2D eigenvalue weighted by Crippen LogP contribution is -2.34. The van der Waals surface area contributed by atoms with Gasteiger partial charge < -0.3 is 0 Å². The molecule has 3 heterocycles. The van der Waals surface area contributed by atoms with E-state index in [0.29, 0.717) is 0 Å². The summed E-state index contributed by atoms with van der Waals surface area (Å²) in [5.74, 6) is 1.77. The summed E-state index contributed by atoms with van der Waals surface area (Å²) in [7, 11) is 0. The van der Waals surface area contributed by atoms with E-state index in [1.54, 1.807) is 4.68 Å². The van der Waals surface area contributed by atoms with Gasteiger partial charge in [0.25, 0.3) is 0 Å². The lowest BCUT2D eigenvalue weighted by atomic mass is 10.5. The first-order chi connectivity index (χ1) is 6.34. The number of rotatable bonds is 0. The summed E-state index contributed by atoms with van der Waals surface area (Å²) in [6.45, 7) is 3.71. The van der Waals surface area contributed by atoms with Crippen molar-refractivity contribution in [2.24, 2.45) is 9.98 Å². The monoisotopic (exact) mass is 175 g/mol. The lowest BCUT2D eigenvalue weighted by Gasteiger charge is -2.18. The zero-order valence-corrected chi connectivity index (χ0v) is 7.30. The van der Waals surface area contributed by atoms with Crippen molar-refractivity contribution in [3.63, 3.8) is 0 Å². The van der Waals surface area contributed by atoms with Gasteiger partial charge in [0.2, 0.25) is 5.96 Å². The summed E-state index contributed by atoms with van der Waals surface area (Å²) in [4.78, 5) is 10.7. The van der Waals surface area contributed by atoms with Crippen molar-refractivity contribution in [2.75, 3.05) is 13.1 Å². The van der Waals surface area contributed by atoms with Gasteiger partial charge in [-0.05, 0) is 6.92 Å². The second kappa shape index (κ2) is 2.18. The first kappa shape index (κ1) is 6.82. The van der Waals surface area contributed by atoms with Crippen LogP contribution in [0.15, 0.2) is 16.1 Å². The van der Waals surface area contributed by atoms with Gasteiger partial charge in [0.15, 0.2) is 5.82 Å². The normalized spacial score (nSPS) is 18.5. The summed E-state index contributed by atoms with van der Waals surface area (Å²) >= 11 is 0. The molecule has 0 unspecified atom stereocenters. The van der Waals surface area contributed by atoms with E-state index in [2.05, 4.69) is 15.1 Å². The Morgan fingerprint density at radius 1 is 1.46 bits per heavy atom. The Bertz CT molecular complexity index is 414. The summed E-state index contributed by atoms with van der Waals surface area (Å²) < 4.78 is 1.79. The molecule has 0 radical (unpaired) electrons. The lowest BCUT2D eigenvalue weighted by molar-refractivity contribution is 0.637. The van der Waals surface area contributed by atoms with Crippen LogP contribution in [0.3, 0.4) is 0 Å². The minimum Gasteiger partial charge on any atom is -0.299 e. The second-order valence-corrected chi connectivity index (χ2v) is 3.18. The molecule has 0 aliphatic carbocycles. The van der Waals surface area contributed by atoms with E-state index in [1.807, 2.05) is 24.2 Å². The average Bonchev–Trinajstić information content (AvgIpc) is 2.65. The van der Waals surface area contributed by atoms with Crippen molar-refractivity contribution in [3.05, 3.63) is 11.8 Å². The molecular formula is C8H9N5. The largest absolute Gasteiger partial charge is 0.299 e. The molecule has 1 aromatic heterocycles. The van der Waals surface area contributed by atoms with Gasteiger partial charge in [-0.3, -0.25) is 4.90 Å². The molecule has 5 heteroatoms. The fourth-order valence-electron chi connectivity index (χ4n) is 1.60. The zero-order valence-electron chi connectivity index (χ0n) is 7.30. The fourth-order valence-corrected chi connectivity index (χ4v) is 1.60. The van der Waals surface area contributed by atoms with Gasteiger partial charge in [-0.2, -0.15) is 9.78 Å². The summed E-state index contributed by atoms with van der Waals surface area (Å²) in [5, 5.41) is 4.32. The van der Waals surface area contributed by atoms with Gasteiger partial charge in [-0.15, -0.1) is 0 Å². The Hall–Kier alpha value is -1.65. The van der Waals surface area contributed by atoms with Gasteiger partial charge >= 0.3 is 0 Å². The number of aliphatic imine (C=N–C) groups is 2. The smallest absolute Gasteiger partial charge is 0.229 e. The van der Waals surface area contributed by atoms with E-state index in [4.69, 9.17) is 0 Å². The van der Waals surface area contributed by atoms with Crippen LogP contribution >= 0.6 is 0 Å². The van der Waals surface area contributed by atoms with Gasteiger partial charge in [-0.25, -0.2) is 9.98 Å². The van der Waals surface area contributed by atoms with Crippen LogP contribution in [0.2, 0.25) is 0 Å². The second-order valence-electron chi connectivity index (χ2n) is 3.18. The molecule has 3 rings (SSSR count). The SMILES string of the molecule is Cc1cc2n(n1)C1=NCCN1C=N2. The van der Waals surface area contributed by atoms with Gasteiger partial charge in [0.1, 0.15) is 0 Å². The molecule has 2 aliphatic heterocycles. The molecule has 0 atom stereocenters. The van der Waals surface area contributed by atoms with Crippen LogP contribution in [0.5, 0.6) is 0 Å². The van der Waals surface area contributed by atoms with Crippen molar-refractivity contribution in [2.45, 2.75) is 6.92 Å². The van der Waals surface area contributed by atoms with Crippen LogP contribution in [0.4, 0.5) is 5.82 Å². The number of aryl methyl sites for hydroxylation is 1. The molecule has 1 aromatic rings. The highest BCUT2D eigenvalue weighted by atomic mass is 15.5. The molecule has 0 aromatic carbocycles. The Morgan fingerprint density at radius 3 is 3.31 bits per heavy atom. The maximum Gasteiger partial charge on any atom is 0.229 e. The molecule has 2 aliphatic rings. The highest BCUT2D eigenvalue weighted by Crippen LogP contribution is 2.19. The molecule has 13 heavy (non-hydrogen) atoms. The molecule has 0 spiro atoms. The highest BCUT2D eigenvalue weighted by Gasteiger charge is 2.23. The van der Waals surface area contributed by atoms with Crippen molar-refractivity contribution in [1.82, 2.24) is 14.7 Å². The van der Waals surface area contributed by atoms with Crippen LogP contribution in [0.1, 0.15) is 5.69 Å². The molecule has 0 saturated heterocycles. The predicted octanol–water partition coefficient (Wildman–Crippen LogP) is 0.385. The summed E-state index contributed by atoms with van der Waals surface area (Å²) in [6.07, 6.45) is 1.82. The van der Waals surface area contributed by atoms with Gasteiger partial charge in [0.05, 0.1) is 18.6 Å². The molecule has 0 bridgehead atoms. The van der Waals surface area contributed by atoms with E-state index < -0.39 is 0 Å². The summed E-state index contributed by atoms with van der Waals surface area (Å²) in [5.41, 5.74) is 0.976. The highest BCUT2D eigenvalue weighted by molar-refractivity contribution is 5.97. The van der Waals surface area contributed by atoms with Crippen molar-refractivity contribution < 1.29 is 0 Å². The van der Waals surface area contributed by atoms with Gasteiger partial charge in [0, 0.05) is 12.6 Å². The first-order valence-electron chi connectivity index (χ1n) is 4.27. The Labute approximate surface area is 75.4 Å². The number of hydrogen-bond donors (Lipinski definition) is 0. The first-order valence-corrected chi connectivity index (χ1v) is 4.27. The number of fused-ring (bicyclic) bond motifs is 3. The maximum absolute atomic E-state index is 4.36. The third kappa shape index (κ3) is 0.838. The molecule has 0 N–H and O–H groups in total. The molecule has 0 saturated carbocycles. The molecule has 66 valence electrons. The van der Waals surface area contributed by atoms with Crippen LogP contribution in [0, 0.1) is 6.92 Å². The fraction of sp³-hybridized carbons (Fsp3) is 0.375. The van der Waals surface area contributed by atoms with Crippen molar-refractivity contribution in [1.29, 1.82) is 0 Å². The maximum atomic E-state index is 4.36. The van der Waals surface area contributed by atoms with Crippen LogP contribution in [-0.4, -0.2) is 40.1 Å².